The number of H-pyrrole nitrogens is 1. The Morgan fingerprint density at radius 3 is 2.79 bits per heavy atom. The smallest absolute Gasteiger partial charge is 0.280 e. The third-order valence-electron chi connectivity index (χ3n) is 5.06. The summed E-state index contributed by atoms with van der Waals surface area (Å²) in [5, 5.41) is 6.33. The average Bonchev–Trinajstić information content (AvgIpc) is 2.93. The van der Waals surface area contributed by atoms with Crippen LogP contribution in [0.5, 0.6) is 0 Å². The van der Waals surface area contributed by atoms with Gasteiger partial charge >= 0.3 is 0 Å². The number of anilines is 1. The van der Waals surface area contributed by atoms with Crippen LogP contribution in [0.4, 0.5) is 5.82 Å². The predicted octanol–water partition coefficient (Wildman–Crippen LogP) is 2.31. The van der Waals surface area contributed by atoms with E-state index in [4.69, 9.17) is 0 Å². The van der Waals surface area contributed by atoms with E-state index in [0.29, 0.717) is 17.2 Å². The Morgan fingerprint density at radius 1 is 1.14 bits per heavy atom. The van der Waals surface area contributed by atoms with Gasteiger partial charge in [0.05, 0.1) is 5.56 Å². The standard InChI is InChI=1S/C20H25N7O/c28-20-17(16-6-5-7-21-13-16)14-25-27(20)19-12-18(23-15-24-19)22-8-11-26-9-3-1-2-4-10-26/h5-7,12-15,25H,1-4,8-11H2,(H,22,23,24). The molecule has 0 radical (unpaired) electrons. The number of rotatable bonds is 6. The van der Waals surface area contributed by atoms with Crippen LogP contribution >= 0.6 is 0 Å². The molecule has 1 saturated heterocycles. The van der Waals surface area contributed by atoms with Gasteiger partial charge in [0.2, 0.25) is 0 Å². The van der Waals surface area contributed by atoms with Gasteiger partial charge in [-0.3, -0.25) is 14.9 Å². The van der Waals surface area contributed by atoms with E-state index in [2.05, 4.69) is 30.3 Å². The summed E-state index contributed by atoms with van der Waals surface area (Å²) >= 11 is 0. The molecule has 2 N–H and O–H groups in total. The second-order valence-corrected chi connectivity index (χ2v) is 7.01. The van der Waals surface area contributed by atoms with Crippen LogP contribution in [0.2, 0.25) is 0 Å². The minimum atomic E-state index is -0.165. The first kappa shape index (κ1) is 18.4. The van der Waals surface area contributed by atoms with Crippen LogP contribution in [0.25, 0.3) is 16.9 Å². The lowest BCUT2D eigenvalue weighted by Gasteiger charge is -2.19. The van der Waals surface area contributed by atoms with Gasteiger partial charge in [-0.15, -0.1) is 0 Å². The summed E-state index contributed by atoms with van der Waals surface area (Å²) in [4.78, 5) is 27.8. The van der Waals surface area contributed by atoms with Crippen molar-refractivity contribution in [2.24, 2.45) is 0 Å². The highest BCUT2D eigenvalue weighted by Crippen LogP contribution is 2.14. The van der Waals surface area contributed by atoms with Crippen molar-refractivity contribution in [3.63, 3.8) is 0 Å². The highest BCUT2D eigenvalue weighted by Gasteiger charge is 2.12. The first-order valence-electron chi connectivity index (χ1n) is 9.81. The highest BCUT2D eigenvalue weighted by molar-refractivity contribution is 5.60. The normalized spacial score (nSPS) is 15.3. The largest absolute Gasteiger partial charge is 0.369 e. The number of likely N-dealkylation sites (tertiary alicyclic amines) is 1. The number of pyridine rings is 1. The van der Waals surface area contributed by atoms with Crippen molar-refractivity contribution in [3.8, 4) is 16.9 Å². The summed E-state index contributed by atoms with van der Waals surface area (Å²) in [6.07, 6.45) is 11.7. The fourth-order valence-corrected chi connectivity index (χ4v) is 3.54. The van der Waals surface area contributed by atoms with E-state index in [9.17, 15) is 4.79 Å². The van der Waals surface area contributed by atoms with Gasteiger partial charge in [0.25, 0.3) is 5.56 Å². The van der Waals surface area contributed by atoms with Gasteiger partial charge < -0.3 is 10.2 Å². The van der Waals surface area contributed by atoms with Gasteiger partial charge in [-0.2, -0.15) is 0 Å². The van der Waals surface area contributed by atoms with Gasteiger partial charge in [-0.1, -0.05) is 18.9 Å². The number of aromatic amines is 1. The Bertz CT molecular complexity index is 942. The fourth-order valence-electron chi connectivity index (χ4n) is 3.54. The zero-order valence-electron chi connectivity index (χ0n) is 15.8. The molecular weight excluding hydrogens is 354 g/mol. The van der Waals surface area contributed by atoms with Crippen LogP contribution in [0.1, 0.15) is 25.7 Å². The summed E-state index contributed by atoms with van der Waals surface area (Å²) in [6, 6.07) is 5.45. The van der Waals surface area contributed by atoms with Crippen LogP contribution < -0.4 is 10.9 Å². The monoisotopic (exact) mass is 379 g/mol. The molecule has 0 amide bonds. The first-order chi connectivity index (χ1) is 13.8. The lowest BCUT2D eigenvalue weighted by molar-refractivity contribution is 0.296. The molecule has 8 nitrogen and oxygen atoms in total. The number of hydrogen-bond acceptors (Lipinski definition) is 6. The quantitative estimate of drug-likeness (QED) is 0.683. The Hall–Kier alpha value is -3.00. The van der Waals surface area contributed by atoms with E-state index in [0.717, 1.165) is 18.7 Å². The lowest BCUT2D eigenvalue weighted by Crippen LogP contribution is -2.30. The minimum absolute atomic E-state index is 0.165. The molecule has 3 aromatic heterocycles. The average molecular weight is 379 g/mol. The van der Waals surface area contributed by atoms with Gasteiger partial charge in [0.1, 0.15) is 12.1 Å². The van der Waals surface area contributed by atoms with Crippen molar-refractivity contribution >= 4 is 5.82 Å². The summed E-state index contributed by atoms with van der Waals surface area (Å²) < 4.78 is 1.42. The van der Waals surface area contributed by atoms with E-state index in [1.165, 1.54) is 49.8 Å². The third kappa shape index (κ3) is 4.28. The third-order valence-corrected chi connectivity index (χ3v) is 5.06. The van der Waals surface area contributed by atoms with Crippen molar-refractivity contribution in [1.29, 1.82) is 0 Å². The number of nitrogens with zero attached hydrogens (tertiary/aromatic N) is 5. The maximum atomic E-state index is 12.8. The number of nitrogens with one attached hydrogen (secondary N) is 2. The molecule has 0 spiro atoms. The van der Waals surface area contributed by atoms with Crippen LogP contribution in [0.15, 0.2) is 47.9 Å². The van der Waals surface area contributed by atoms with Crippen LogP contribution in [0.3, 0.4) is 0 Å². The number of hydrogen-bond donors (Lipinski definition) is 2. The van der Waals surface area contributed by atoms with Crippen molar-refractivity contribution in [1.82, 2.24) is 29.6 Å². The van der Waals surface area contributed by atoms with E-state index >= 15 is 0 Å². The zero-order chi connectivity index (χ0) is 19.2. The summed E-state index contributed by atoms with van der Waals surface area (Å²) in [7, 11) is 0. The van der Waals surface area contributed by atoms with Crippen molar-refractivity contribution in [2.75, 3.05) is 31.5 Å². The van der Waals surface area contributed by atoms with Gasteiger partial charge in [0, 0.05) is 43.3 Å². The summed E-state index contributed by atoms with van der Waals surface area (Å²) in [5.74, 6) is 1.22. The first-order valence-corrected chi connectivity index (χ1v) is 9.81. The molecule has 0 aromatic carbocycles. The van der Waals surface area contributed by atoms with Crippen LogP contribution in [-0.2, 0) is 0 Å². The molecule has 28 heavy (non-hydrogen) atoms. The van der Waals surface area contributed by atoms with Crippen LogP contribution in [0, 0.1) is 0 Å². The van der Waals surface area contributed by atoms with E-state index < -0.39 is 0 Å². The zero-order valence-corrected chi connectivity index (χ0v) is 15.8. The van der Waals surface area contributed by atoms with Crippen LogP contribution in [-0.4, -0.2) is 55.8 Å². The molecule has 146 valence electrons. The van der Waals surface area contributed by atoms with E-state index in [1.54, 1.807) is 24.7 Å². The minimum Gasteiger partial charge on any atom is -0.369 e. The van der Waals surface area contributed by atoms with Crippen molar-refractivity contribution in [2.45, 2.75) is 25.7 Å². The molecule has 0 unspecified atom stereocenters. The lowest BCUT2D eigenvalue weighted by atomic mass is 10.2. The maximum Gasteiger partial charge on any atom is 0.280 e. The molecule has 0 bridgehead atoms. The molecule has 8 heteroatoms. The molecule has 4 heterocycles. The predicted molar refractivity (Wildman–Crippen MR) is 109 cm³/mol. The highest BCUT2D eigenvalue weighted by atomic mass is 16.1. The Labute approximate surface area is 163 Å². The Kier molecular flexibility index (Phi) is 5.77. The molecule has 4 rings (SSSR count). The molecule has 0 saturated carbocycles. The van der Waals surface area contributed by atoms with Crippen molar-refractivity contribution < 1.29 is 0 Å². The molecular formula is C20H25N7O. The van der Waals surface area contributed by atoms with E-state index in [-0.39, 0.29) is 5.56 Å². The molecule has 1 aliphatic heterocycles. The SMILES string of the molecule is O=c1c(-c2cccnc2)c[nH]n1-c1cc(NCCN2CCCCCC2)ncn1. The second-order valence-electron chi connectivity index (χ2n) is 7.01. The molecule has 0 aliphatic carbocycles. The van der Waals surface area contributed by atoms with E-state index in [1.807, 2.05) is 12.1 Å². The fraction of sp³-hybridized carbons (Fsp3) is 0.400. The van der Waals surface area contributed by atoms with Gasteiger partial charge in [-0.25, -0.2) is 14.6 Å². The summed E-state index contributed by atoms with van der Waals surface area (Å²) in [6.45, 7) is 4.15. The van der Waals surface area contributed by atoms with Crippen molar-refractivity contribution in [3.05, 3.63) is 53.5 Å². The van der Waals surface area contributed by atoms with Gasteiger partial charge in [0.15, 0.2) is 5.82 Å². The summed E-state index contributed by atoms with van der Waals surface area (Å²) in [5.41, 5.74) is 1.16. The molecule has 0 atom stereocenters. The molecule has 1 aliphatic rings. The second kappa shape index (κ2) is 8.79. The number of aromatic nitrogens is 5. The Balaban J connectivity index is 1.44. The maximum absolute atomic E-state index is 12.8. The molecule has 3 aromatic rings. The Morgan fingerprint density at radius 2 is 2.00 bits per heavy atom. The topological polar surface area (TPSA) is 91.7 Å². The molecule has 1 fully saturated rings. The van der Waals surface area contributed by atoms with Gasteiger partial charge in [-0.05, 0) is 32.0 Å².